The number of rotatable bonds is 65. The third kappa shape index (κ3) is 41.7. The van der Waals surface area contributed by atoms with E-state index in [2.05, 4.69) is 121 Å². The van der Waals surface area contributed by atoms with E-state index in [1.165, 1.54) is 0 Å². The number of H-pyrrole nitrogens is 3. The van der Waals surface area contributed by atoms with Gasteiger partial charge in [0.05, 0.1) is 6.04 Å². The molecule has 55 heteroatoms. The van der Waals surface area contributed by atoms with Gasteiger partial charge in [-0.3, -0.25) is 106 Å². The highest BCUT2D eigenvalue weighted by Gasteiger charge is 2.38. The fourth-order valence-electron chi connectivity index (χ4n) is 15.3. The standard InChI is InChI=1S/C87H141N43O12/c88-52(40-46-43-117-53-19-4-1-16-49(46)53)68(132)120-56(22-7-31-108-79(90)91)69(133)121-57(23-8-32-109-80(92)93)70(134)122-58(24-9-33-110-81(94)95)71(135)124-61(27-12-36-113-84(100)101)74(138)127-64(30-15-39-116-87(106)107)77(141)130-66(42-48-45-119-55-21-6-3-18-51(48)55)78(142)128-62(28-13-37-114-85(102)103)75(139)125-59(25-10-34-111-82(96)97)72(136)123-60(26-11-35-112-83(98)99)73(137)126-63(29-14-38-115-86(104)105)76(140)129-65(67(89)131)41-47-44-118-54-20-5-2-17-50(47)54/h1-6,16-21,43-45,52,56-66,117-119H,7-15,22-42,88H2,(H2,89,131)(H,120,132)(H,121,133)(H,122,134)(H,123,136)(H,124,135)(H,125,139)(H,126,137)(H,127,138)(H,128,142)(H,129,140)(H,130,141)(H4,90,91,108)(H4,92,93,109)(H4,94,95,110)(H4,96,97,111)(H4,98,99,112)(H4,100,101,113)(H4,102,103,114)(H4,104,105,115)(H4,106,107,116)/t52-,56-,57-,58-,59-,60-,61-,62-,63-,64-,65-,66-/m0/s1. The van der Waals surface area contributed by atoms with Crippen molar-refractivity contribution >= 4 is 157 Å². The maximum absolute atomic E-state index is 15.7. The van der Waals surface area contributed by atoms with Gasteiger partial charge in [0.25, 0.3) is 0 Å². The molecule has 142 heavy (non-hydrogen) atoms. The summed E-state index contributed by atoms with van der Waals surface area (Å²) >= 11 is 0. The van der Waals surface area contributed by atoms with Crippen LogP contribution in [0.2, 0.25) is 0 Å². The van der Waals surface area contributed by atoms with Crippen LogP contribution in [0.1, 0.15) is 132 Å². The number of fused-ring (bicyclic) bond motifs is 3. The lowest BCUT2D eigenvalue weighted by Crippen LogP contribution is -2.61. The quantitative estimate of drug-likeness (QED) is 0.00958. The second kappa shape index (κ2) is 60.1. The number of aromatic nitrogens is 3. The van der Waals surface area contributed by atoms with Crippen molar-refractivity contribution in [3.63, 3.8) is 0 Å². The fraction of sp³-hybridized carbons (Fsp3) is 0.483. The van der Waals surface area contributed by atoms with Gasteiger partial charge in [-0.2, -0.15) is 0 Å². The third-order valence-electron chi connectivity index (χ3n) is 22.5. The van der Waals surface area contributed by atoms with E-state index in [0.717, 1.165) is 21.8 Å². The largest absolute Gasteiger partial charge is 0.370 e. The first kappa shape index (κ1) is 114. The minimum atomic E-state index is -1.70. The average Bonchev–Trinajstić information content (AvgIpc) is 1.66. The van der Waals surface area contributed by atoms with Gasteiger partial charge < -0.3 is 184 Å². The molecule has 12 amide bonds. The number of carbonyl (C=O) groups is 12. The van der Waals surface area contributed by atoms with E-state index >= 15 is 33.6 Å². The summed E-state index contributed by atoms with van der Waals surface area (Å²) < 4.78 is 0. The summed E-state index contributed by atoms with van der Waals surface area (Å²) in [6.07, 6.45) is 2.81. The number of amides is 12. The zero-order valence-corrected chi connectivity index (χ0v) is 79.1. The van der Waals surface area contributed by atoms with Gasteiger partial charge in [-0.15, -0.1) is 0 Å². The molecule has 12 atom stereocenters. The van der Waals surface area contributed by atoms with Crippen LogP contribution < -0.4 is 169 Å². The summed E-state index contributed by atoms with van der Waals surface area (Å²) in [6.45, 7) is -0.175. The van der Waals surface area contributed by atoms with Crippen LogP contribution in [0.25, 0.3) is 32.7 Å². The van der Waals surface area contributed by atoms with E-state index < -0.39 is 191 Å². The van der Waals surface area contributed by atoms with Crippen LogP contribution in [-0.4, -0.2) is 271 Å². The van der Waals surface area contributed by atoms with Crippen LogP contribution >= 0.6 is 0 Å². The molecule has 6 aromatic rings. The summed E-state index contributed by atoms with van der Waals surface area (Å²) in [5, 5.41) is 126. The number of aromatic amines is 3. The number of nitrogens with one attached hydrogen (secondary N) is 32. The number of benzene rings is 3. The van der Waals surface area contributed by atoms with Crippen molar-refractivity contribution in [2.75, 3.05) is 58.9 Å². The van der Waals surface area contributed by atoms with Crippen LogP contribution in [0.5, 0.6) is 0 Å². The molecule has 3 heterocycles. The van der Waals surface area contributed by atoms with Crippen LogP contribution in [0, 0.1) is 48.7 Å². The number of hydrogen-bond acceptors (Lipinski definition) is 22. The van der Waals surface area contributed by atoms with E-state index in [0.29, 0.717) is 27.6 Å². The Morgan fingerprint density at radius 3 is 0.585 bits per heavy atom. The molecule has 55 nitrogen and oxygen atoms in total. The smallest absolute Gasteiger partial charge is 0.243 e. The van der Waals surface area contributed by atoms with Gasteiger partial charge in [0, 0.05) is 123 Å². The number of guanidine groups is 9. The molecule has 0 saturated carbocycles. The average molecular weight is 1980 g/mol. The number of para-hydroxylation sites is 3. The van der Waals surface area contributed by atoms with E-state index in [1.54, 1.807) is 55.0 Å². The molecule has 0 radical (unpaired) electrons. The molecule has 0 aliphatic heterocycles. The second-order valence-corrected chi connectivity index (χ2v) is 33.7. The minimum Gasteiger partial charge on any atom is -0.370 e. The van der Waals surface area contributed by atoms with Gasteiger partial charge >= 0.3 is 0 Å². The first-order valence-corrected chi connectivity index (χ1v) is 46.4. The molecule has 3 aromatic heterocycles. The first-order valence-electron chi connectivity index (χ1n) is 46.4. The van der Waals surface area contributed by atoms with E-state index in [9.17, 15) is 24.0 Å². The Morgan fingerprint density at radius 1 is 0.225 bits per heavy atom. The molecule has 6 rings (SSSR count). The Labute approximate surface area is 818 Å². The summed E-state index contributed by atoms with van der Waals surface area (Å²) in [6, 6.07) is 3.14. The van der Waals surface area contributed by atoms with Crippen LogP contribution in [0.3, 0.4) is 0 Å². The molecular formula is C87H141N43O12. The molecule has 0 saturated heterocycles. The van der Waals surface area contributed by atoms with Gasteiger partial charge in [-0.25, -0.2) is 0 Å². The number of carbonyl (C=O) groups excluding carboxylic acids is 12. The number of hydrogen-bond donors (Lipinski definition) is 43. The fourth-order valence-corrected chi connectivity index (χ4v) is 15.3. The van der Waals surface area contributed by atoms with Gasteiger partial charge in [-0.1, -0.05) is 54.6 Å². The van der Waals surface area contributed by atoms with Crippen LogP contribution in [-0.2, 0) is 76.8 Å². The zero-order valence-electron chi connectivity index (χ0n) is 79.1. The van der Waals surface area contributed by atoms with E-state index in [4.69, 9.17) is 112 Å². The highest BCUT2D eigenvalue weighted by Crippen LogP contribution is 2.24. The highest BCUT2D eigenvalue weighted by molar-refractivity contribution is 6.01. The molecule has 0 aliphatic carbocycles. The van der Waals surface area contributed by atoms with Crippen LogP contribution in [0.15, 0.2) is 91.4 Å². The Kier molecular flexibility index (Phi) is 48.3. The van der Waals surface area contributed by atoms with Crippen molar-refractivity contribution in [2.24, 2.45) is 63.1 Å². The summed E-state index contributed by atoms with van der Waals surface area (Å²) in [5.74, 6) is -15.3. The van der Waals surface area contributed by atoms with Crippen molar-refractivity contribution in [1.82, 2.24) is 121 Å². The maximum Gasteiger partial charge on any atom is 0.243 e. The van der Waals surface area contributed by atoms with Gasteiger partial charge in [-0.05, 0) is 157 Å². The number of primary amides is 1. The Hall–Kier alpha value is -16.7. The molecule has 0 bridgehead atoms. The molecule has 0 fully saturated rings. The van der Waals surface area contributed by atoms with Gasteiger partial charge in [0.15, 0.2) is 53.6 Å². The summed E-state index contributed by atoms with van der Waals surface area (Å²) in [4.78, 5) is 188. The molecule has 3 aromatic carbocycles. The Balaban J connectivity index is 1.35. The topological polar surface area (TPSA) is 994 Å². The van der Waals surface area contributed by atoms with E-state index in [-0.39, 0.29) is 200 Å². The lowest BCUT2D eigenvalue weighted by molar-refractivity contribution is -0.136. The lowest BCUT2D eigenvalue weighted by Gasteiger charge is -2.29. The van der Waals surface area contributed by atoms with E-state index in [1.807, 2.05) is 36.4 Å². The van der Waals surface area contributed by atoms with Gasteiger partial charge in [0.1, 0.15) is 66.5 Å². The monoisotopic (exact) mass is 1980 g/mol. The molecule has 776 valence electrons. The predicted molar refractivity (Wildman–Crippen MR) is 537 cm³/mol. The normalized spacial score (nSPS) is 13.5. The molecule has 0 aliphatic rings. The van der Waals surface area contributed by atoms with Crippen LogP contribution in [0.4, 0.5) is 0 Å². The summed E-state index contributed by atoms with van der Waals surface area (Å²) in [5.41, 5.74) is 67.0. The van der Waals surface area contributed by atoms with Crippen molar-refractivity contribution in [2.45, 2.75) is 207 Å². The van der Waals surface area contributed by atoms with Gasteiger partial charge in [0.2, 0.25) is 70.9 Å². The minimum absolute atomic E-state index is 0.00423. The highest BCUT2D eigenvalue weighted by atomic mass is 16.2. The maximum atomic E-state index is 15.7. The third-order valence-corrected chi connectivity index (χ3v) is 22.5. The first-order chi connectivity index (χ1) is 67.7. The molecule has 54 N–H and O–H groups in total. The van der Waals surface area contributed by atoms with Crippen molar-refractivity contribution in [3.8, 4) is 0 Å². The second-order valence-electron chi connectivity index (χ2n) is 33.7. The van der Waals surface area contributed by atoms with Crippen molar-refractivity contribution in [1.29, 1.82) is 48.7 Å². The number of nitrogens with two attached hydrogens (primary N) is 11. The van der Waals surface area contributed by atoms with Crippen molar-refractivity contribution < 1.29 is 57.5 Å². The summed E-state index contributed by atoms with van der Waals surface area (Å²) in [7, 11) is 0. The SMILES string of the molecule is N=C(N)NCCC[C@H](NC(=O)[C@H](CCCNC(=N)N)NC(=O)[C@H](CCCNC(=N)N)NC(=O)[C@H](CCCNC(=N)N)NC(=O)[C@H](Cc1c[nH]c2ccccc12)NC(=O)[C@H](CCCNC(=N)N)NC(=O)[C@H](CCCNC(=N)N)NC(=O)[C@H](CCCNC(=N)N)NC(=O)[C@H](CCCNC(=N)N)NC(=O)[C@H](CCCNC(=N)N)NC(=O)[C@@H](N)Cc1c[nH]c2ccccc12)C(=O)N[C@@H](Cc1c[nH]c2ccccc12)C(N)=O. The Bertz CT molecular complexity index is 5330. The Morgan fingerprint density at radius 2 is 0.387 bits per heavy atom. The van der Waals surface area contributed by atoms with Crippen molar-refractivity contribution in [3.05, 3.63) is 108 Å². The predicted octanol–water partition coefficient (Wildman–Crippen LogP) is -8.33. The zero-order chi connectivity index (χ0) is 104. The molecule has 0 unspecified atom stereocenters. The molecule has 0 spiro atoms. The lowest BCUT2D eigenvalue weighted by atomic mass is 10.0. The molecular weight excluding hydrogens is 1840 g/mol.